The van der Waals surface area contributed by atoms with Gasteiger partial charge >= 0.3 is 0 Å². The number of nitrogens with zero attached hydrogens (tertiary/aromatic N) is 2. The quantitative estimate of drug-likeness (QED) is 0.709. The molecule has 1 N–H and O–H groups in total. The van der Waals surface area contributed by atoms with Crippen LogP contribution in [0, 0.1) is 22.7 Å². The van der Waals surface area contributed by atoms with Crippen molar-refractivity contribution in [2.75, 3.05) is 20.2 Å². The van der Waals surface area contributed by atoms with E-state index in [0.717, 1.165) is 0 Å². The molecule has 0 aromatic heterocycles. The number of likely N-dealkylation sites (N-methyl/N-ethyl adjacent to an activating group) is 1. The Hall–Kier alpha value is -1.08. The minimum atomic E-state index is -0.802. The van der Waals surface area contributed by atoms with Gasteiger partial charge in [-0.05, 0) is 18.8 Å². The average molecular weight is 196 g/mol. The Morgan fingerprint density at radius 2 is 2.29 bits per heavy atom. The number of carbonyl (C=O) groups excluding carboxylic acids is 1. The summed E-state index contributed by atoms with van der Waals surface area (Å²) < 4.78 is 0. The molecule has 4 heteroatoms. The van der Waals surface area contributed by atoms with Crippen molar-refractivity contribution in [3.8, 4) is 6.07 Å². The molecule has 0 spiro atoms. The molecule has 0 radical (unpaired) electrons. The summed E-state index contributed by atoms with van der Waals surface area (Å²) in [6.07, 6.45) is 1.30. The summed E-state index contributed by atoms with van der Waals surface area (Å²) in [4.78, 5) is 13.2. The van der Waals surface area contributed by atoms with Gasteiger partial charge in [0.25, 0.3) is 0 Å². The number of aliphatic hydroxyl groups excluding tert-OH is 1. The van der Waals surface area contributed by atoms with Crippen LogP contribution in [0.3, 0.4) is 0 Å². The van der Waals surface area contributed by atoms with E-state index in [1.54, 1.807) is 7.05 Å². The SMILES string of the molecule is CC1CC(C#N)(C(=O)N(C)CCO)C1. The van der Waals surface area contributed by atoms with Gasteiger partial charge < -0.3 is 10.0 Å². The van der Waals surface area contributed by atoms with Gasteiger partial charge in [0.15, 0.2) is 0 Å². The second kappa shape index (κ2) is 3.97. The van der Waals surface area contributed by atoms with Crippen molar-refractivity contribution in [1.82, 2.24) is 4.90 Å². The van der Waals surface area contributed by atoms with Gasteiger partial charge in [0.05, 0.1) is 12.7 Å². The van der Waals surface area contributed by atoms with Crippen molar-refractivity contribution in [2.45, 2.75) is 19.8 Å². The van der Waals surface area contributed by atoms with Crippen LogP contribution in [0.15, 0.2) is 0 Å². The van der Waals surface area contributed by atoms with Crippen molar-refractivity contribution >= 4 is 5.91 Å². The molecule has 1 rings (SSSR count). The molecule has 0 atom stereocenters. The molecule has 1 amide bonds. The number of rotatable bonds is 3. The van der Waals surface area contributed by atoms with Crippen LogP contribution in [0.2, 0.25) is 0 Å². The standard InChI is InChI=1S/C10H16N2O2/c1-8-5-10(6-8,7-11)9(14)12(2)3-4-13/h8,13H,3-6H2,1-2H3. The van der Waals surface area contributed by atoms with Crippen LogP contribution in [-0.2, 0) is 4.79 Å². The fourth-order valence-corrected chi connectivity index (χ4v) is 2.06. The first-order chi connectivity index (χ1) is 6.55. The molecule has 78 valence electrons. The first-order valence-electron chi connectivity index (χ1n) is 4.83. The Morgan fingerprint density at radius 3 is 2.64 bits per heavy atom. The molecule has 0 aliphatic heterocycles. The largest absolute Gasteiger partial charge is 0.395 e. The summed E-state index contributed by atoms with van der Waals surface area (Å²) in [5, 5.41) is 17.7. The van der Waals surface area contributed by atoms with Gasteiger partial charge in [-0.15, -0.1) is 0 Å². The van der Waals surface area contributed by atoms with Gasteiger partial charge in [0.2, 0.25) is 5.91 Å². The highest BCUT2D eigenvalue weighted by atomic mass is 16.3. The lowest BCUT2D eigenvalue weighted by molar-refractivity contribution is -0.144. The highest BCUT2D eigenvalue weighted by molar-refractivity contribution is 5.86. The van der Waals surface area contributed by atoms with Crippen molar-refractivity contribution in [3.05, 3.63) is 0 Å². The maximum Gasteiger partial charge on any atom is 0.242 e. The van der Waals surface area contributed by atoms with Crippen LogP contribution in [0.4, 0.5) is 0 Å². The number of nitriles is 1. The van der Waals surface area contributed by atoms with Crippen molar-refractivity contribution in [2.24, 2.45) is 11.3 Å². The fraction of sp³-hybridized carbons (Fsp3) is 0.800. The maximum absolute atomic E-state index is 11.8. The number of hydrogen-bond donors (Lipinski definition) is 1. The van der Waals surface area contributed by atoms with E-state index in [-0.39, 0.29) is 12.5 Å². The molecule has 0 saturated heterocycles. The zero-order valence-corrected chi connectivity index (χ0v) is 8.66. The van der Waals surface area contributed by atoms with Crippen molar-refractivity contribution < 1.29 is 9.90 Å². The molecule has 1 aliphatic rings. The van der Waals surface area contributed by atoms with Crippen LogP contribution >= 0.6 is 0 Å². The molecule has 0 unspecified atom stereocenters. The Bertz CT molecular complexity index is 264. The van der Waals surface area contributed by atoms with E-state index in [1.165, 1.54) is 4.90 Å². The smallest absolute Gasteiger partial charge is 0.242 e. The van der Waals surface area contributed by atoms with E-state index < -0.39 is 5.41 Å². The topological polar surface area (TPSA) is 64.3 Å². The molecule has 14 heavy (non-hydrogen) atoms. The number of hydrogen-bond acceptors (Lipinski definition) is 3. The maximum atomic E-state index is 11.8. The number of aliphatic hydroxyl groups is 1. The first kappa shape index (κ1) is 11.0. The zero-order valence-electron chi connectivity index (χ0n) is 8.66. The van der Waals surface area contributed by atoms with E-state index in [4.69, 9.17) is 10.4 Å². The van der Waals surface area contributed by atoms with Crippen LogP contribution in [0.25, 0.3) is 0 Å². The molecule has 1 aliphatic carbocycles. The molecular weight excluding hydrogens is 180 g/mol. The predicted octanol–water partition coefficient (Wildman–Crippen LogP) is 0.377. The molecule has 0 heterocycles. The number of carbonyl (C=O) groups is 1. The third kappa shape index (κ3) is 1.73. The predicted molar refractivity (Wildman–Crippen MR) is 51.2 cm³/mol. The molecule has 4 nitrogen and oxygen atoms in total. The monoisotopic (exact) mass is 196 g/mol. The molecule has 0 aromatic carbocycles. The lowest BCUT2D eigenvalue weighted by Crippen LogP contribution is -2.49. The molecule has 1 fully saturated rings. The normalized spacial score (nSPS) is 30.3. The Labute approximate surface area is 84.1 Å². The van der Waals surface area contributed by atoms with Gasteiger partial charge in [-0.3, -0.25) is 4.79 Å². The van der Waals surface area contributed by atoms with Crippen molar-refractivity contribution in [3.63, 3.8) is 0 Å². The van der Waals surface area contributed by atoms with Crippen molar-refractivity contribution in [1.29, 1.82) is 5.26 Å². The number of amides is 1. The highest BCUT2D eigenvalue weighted by Gasteiger charge is 2.49. The van der Waals surface area contributed by atoms with E-state index in [0.29, 0.717) is 25.3 Å². The van der Waals surface area contributed by atoms with Gasteiger partial charge in [-0.25, -0.2) is 0 Å². The summed E-state index contributed by atoms with van der Waals surface area (Å²) in [5.74, 6) is 0.313. The van der Waals surface area contributed by atoms with Crippen LogP contribution in [0.5, 0.6) is 0 Å². The van der Waals surface area contributed by atoms with Gasteiger partial charge in [-0.1, -0.05) is 6.92 Å². The third-order valence-corrected chi connectivity index (χ3v) is 2.80. The summed E-state index contributed by atoms with van der Waals surface area (Å²) in [5.41, 5.74) is -0.802. The minimum Gasteiger partial charge on any atom is -0.395 e. The highest BCUT2D eigenvalue weighted by Crippen LogP contribution is 2.45. The molecule has 0 aromatic rings. The van der Waals surface area contributed by atoms with Crippen LogP contribution in [-0.4, -0.2) is 36.1 Å². The van der Waals surface area contributed by atoms with Crippen LogP contribution < -0.4 is 0 Å². The summed E-state index contributed by atoms with van der Waals surface area (Å²) >= 11 is 0. The van der Waals surface area contributed by atoms with Crippen LogP contribution in [0.1, 0.15) is 19.8 Å². The lowest BCUT2D eigenvalue weighted by Gasteiger charge is -2.41. The lowest BCUT2D eigenvalue weighted by atomic mass is 9.63. The van der Waals surface area contributed by atoms with Gasteiger partial charge in [0, 0.05) is 13.6 Å². The zero-order chi connectivity index (χ0) is 10.8. The third-order valence-electron chi connectivity index (χ3n) is 2.80. The second-order valence-corrected chi connectivity index (χ2v) is 4.16. The molecular formula is C10H16N2O2. The Morgan fingerprint density at radius 1 is 1.71 bits per heavy atom. The second-order valence-electron chi connectivity index (χ2n) is 4.16. The summed E-state index contributed by atoms with van der Waals surface area (Å²) in [6, 6.07) is 2.11. The van der Waals surface area contributed by atoms with E-state index in [1.807, 2.05) is 6.92 Å². The van der Waals surface area contributed by atoms with E-state index in [2.05, 4.69) is 6.07 Å². The Balaban J connectivity index is 2.64. The van der Waals surface area contributed by atoms with E-state index >= 15 is 0 Å². The van der Waals surface area contributed by atoms with E-state index in [9.17, 15) is 4.79 Å². The van der Waals surface area contributed by atoms with Gasteiger partial charge in [0.1, 0.15) is 5.41 Å². The fourth-order valence-electron chi connectivity index (χ4n) is 2.06. The summed E-state index contributed by atoms with van der Waals surface area (Å²) in [7, 11) is 1.63. The summed E-state index contributed by atoms with van der Waals surface area (Å²) in [6.45, 7) is 2.28. The van der Waals surface area contributed by atoms with Gasteiger partial charge in [-0.2, -0.15) is 5.26 Å². The molecule has 0 bridgehead atoms. The average Bonchev–Trinajstić information content (AvgIpc) is 2.12. The Kier molecular flexibility index (Phi) is 3.12. The molecule has 1 saturated carbocycles. The first-order valence-corrected chi connectivity index (χ1v) is 4.83. The minimum absolute atomic E-state index is 0.0562.